The molecule has 0 saturated carbocycles. The molecule has 1 aliphatic rings. The summed E-state index contributed by atoms with van der Waals surface area (Å²) in [4.78, 5) is 17.3. The van der Waals surface area contributed by atoms with Crippen LogP contribution in [-0.2, 0) is 22.3 Å². The van der Waals surface area contributed by atoms with Gasteiger partial charge >= 0.3 is 0 Å². The van der Waals surface area contributed by atoms with Gasteiger partial charge in [0.25, 0.3) is 5.91 Å². The molecular weight excluding hydrogens is 522 g/mol. The molecule has 0 aromatic heterocycles. The lowest BCUT2D eigenvalue weighted by atomic mass is 9.99. The second kappa shape index (κ2) is 12.4. The van der Waals surface area contributed by atoms with Gasteiger partial charge in [-0.25, -0.2) is 13.1 Å². The highest BCUT2D eigenvalue weighted by Crippen LogP contribution is 2.27. The number of nitrogens with one attached hydrogen (secondary N) is 1. The smallest absolute Gasteiger partial charge is 0.264 e. The van der Waals surface area contributed by atoms with Crippen LogP contribution in [0.25, 0.3) is 11.1 Å². The Kier molecular flexibility index (Phi) is 8.48. The highest BCUT2D eigenvalue weighted by Gasteiger charge is 2.20. The first kappa shape index (κ1) is 27.4. The number of rotatable bonds is 9. The summed E-state index contributed by atoms with van der Waals surface area (Å²) in [7, 11) is -2.11. The number of hydrogen-bond donors (Lipinski definition) is 1. The fourth-order valence-electron chi connectivity index (χ4n) is 4.97. The summed E-state index contributed by atoms with van der Waals surface area (Å²) in [5.41, 5.74) is 5.65. The second-order valence-electron chi connectivity index (χ2n) is 9.87. The highest BCUT2D eigenvalue weighted by atomic mass is 32.2. The summed E-state index contributed by atoms with van der Waals surface area (Å²) in [5.74, 6) is -0.0195. The molecule has 0 unspecified atom stereocenters. The van der Waals surface area contributed by atoms with E-state index >= 15 is 0 Å². The predicted molar refractivity (Wildman–Crippen MR) is 159 cm³/mol. The van der Waals surface area contributed by atoms with E-state index in [0.717, 1.165) is 44.2 Å². The van der Waals surface area contributed by atoms with Crippen LogP contribution >= 0.6 is 0 Å². The van der Waals surface area contributed by atoms with Gasteiger partial charge in [0.2, 0.25) is 10.0 Å². The molecule has 0 aliphatic carbocycles. The van der Waals surface area contributed by atoms with Crippen molar-refractivity contribution in [3.63, 3.8) is 0 Å². The summed E-state index contributed by atoms with van der Waals surface area (Å²) in [6.45, 7) is 4.42. The number of nitrogens with zero attached hydrogens (tertiary/aromatic N) is 2. The Morgan fingerprint density at radius 1 is 0.800 bits per heavy atom. The van der Waals surface area contributed by atoms with E-state index in [0.29, 0.717) is 11.1 Å². The molecule has 8 heteroatoms. The zero-order chi connectivity index (χ0) is 28.0. The van der Waals surface area contributed by atoms with Gasteiger partial charge in [0.05, 0.1) is 12.9 Å². The molecule has 0 bridgehead atoms. The van der Waals surface area contributed by atoms with E-state index in [1.54, 1.807) is 43.5 Å². The van der Waals surface area contributed by atoms with Gasteiger partial charge in [-0.15, -0.1) is 0 Å². The lowest BCUT2D eigenvalue weighted by Crippen LogP contribution is -2.46. The number of amides is 1. The number of anilines is 1. The van der Waals surface area contributed by atoms with Crippen molar-refractivity contribution >= 4 is 21.6 Å². The Labute approximate surface area is 236 Å². The number of methoxy groups -OCH3 is 1. The van der Waals surface area contributed by atoms with Gasteiger partial charge < -0.3 is 9.64 Å². The minimum Gasteiger partial charge on any atom is -0.497 e. The van der Waals surface area contributed by atoms with Gasteiger partial charge in [-0.1, -0.05) is 66.7 Å². The van der Waals surface area contributed by atoms with Gasteiger partial charge in [0, 0.05) is 44.0 Å². The van der Waals surface area contributed by atoms with E-state index in [9.17, 15) is 13.2 Å². The van der Waals surface area contributed by atoms with Gasteiger partial charge in [0.15, 0.2) is 0 Å². The number of carbonyl (C=O) groups excluding carboxylic acids is 1. The molecule has 1 amide bonds. The summed E-state index contributed by atoms with van der Waals surface area (Å²) < 4.78 is 32.4. The number of carbonyl (C=O) groups is 1. The Morgan fingerprint density at radius 3 is 2.12 bits per heavy atom. The van der Waals surface area contributed by atoms with E-state index in [-0.39, 0.29) is 5.75 Å². The van der Waals surface area contributed by atoms with Crippen LogP contribution in [0.2, 0.25) is 0 Å². The predicted octanol–water partition coefficient (Wildman–Crippen LogP) is 4.94. The molecule has 206 valence electrons. The zero-order valence-corrected chi connectivity index (χ0v) is 23.3. The maximum Gasteiger partial charge on any atom is 0.264 e. The third kappa shape index (κ3) is 6.89. The van der Waals surface area contributed by atoms with Crippen molar-refractivity contribution in [1.29, 1.82) is 0 Å². The van der Waals surface area contributed by atoms with Crippen LogP contribution in [0.1, 0.15) is 21.5 Å². The lowest BCUT2D eigenvalue weighted by Gasteiger charge is -2.36. The third-order valence-corrected chi connectivity index (χ3v) is 8.34. The molecular formula is C32H33N3O4S. The molecule has 7 nitrogen and oxygen atoms in total. The monoisotopic (exact) mass is 555 g/mol. The minimum absolute atomic E-state index is 0.244. The first-order valence-corrected chi connectivity index (χ1v) is 14.9. The van der Waals surface area contributed by atoms with Crippen molar-refractivity contribution in [2.45, 2.75) is 12.3 Å². The lowest BCUT2D eigenvalue weighted by molar-refractivity contribution is 0.0981. The molecule has 1 saturated heterocycles. The molecule has 40 heavy (non-hydrogen) atoms. The zero-order valence-electron chi connectivity index (χ0n) is 22.5. The summed E-state index contributed by atoms with van der Waals surface area (Å²) >= 11 is 0. The van der Waals surface area contributed by atoms with Crippen molar-refractivity contribution in [2.75, 3.05) is 38.2 Å². The molecule has 0 spiro atoms. The Morgan fingerprint density at radius 2 is 1.45 bits per heavy atom. The number of hydrogen-bond acceptors (Lipinski definition) is 6. The van der Waals surface area contributed by atoms with Crippen molar-refractivity contribution in [1.82, 2.24) is 9.62 Å². The van der Waals surface area contributed by atoms with Crippen LogP contribution in [0.3, 0.4) is 0 Å². The standard InChI is InChI=1S/C32H33N3O4S/c1-39-30-17-13-26(14-18-30)31-10-6-5-9-28(31)23-34-19-21-35(22-20-34)29-15-11-27(12-16-29)32(36)33-40(37,38)24-25-7-3-2-4-8-25/h2-18H,19-24H2,1H3,(H,33,36). The molecule has 0 radical (unpaired) electrons. The SMILES string of the molecule is COc1ccc(-c2ccccc2CN2CCN(c3ccc(C(=O)NS(=O)(=O)Cc4ccccc4)cc3)CC2)cc1. The van der Waals surface area contributed by atoms with E-state index < -0.39 is 15.9 Å². The fraction of sp³-hybridized carbons (Fsp3) is 0.219. The molecule has 1 heterocycles. The fourth-order valence-corrected chi connectivity index (χ4v) is 6.07. The number of sulfonamides is 1. The van der Waals surface area contributed by atoms with Crippen molar-refractivity contribution in [3.8, 4) is 16.9 Å². The second-order valence-corrected chi connectivity index (χ2v) is 11.6. The van der Waals surface area contributed by atoms with Crippen LogP contribution in [0.5, 0.6) is 5.75 Å². The van der Waals surface area contributed by atoms with Crippen molar-refractivity contribution in [3.05, 3.63) is 120 Å². The van der Waals surface area contributed by atoms with Crippen LogP contribution in [0, 0.1) is 0 Å². The topological polar surface area (TPSA) is 79.0 Å². The number of piperazine rings is 1. The first-order valence-electron chi connectivity index (χ1n) is 13.3. The molecule has 1 aliphatic heterocycles. The molecule has 0 atom stereocenters. The summed E-state index contributed by atoms with van der Waals surface area (Å²) in [6.07, 6.45) is 0. The maximum absolute atomic E-state index is 12.6. The number of ether oxygens (including phenoxy) is 1. The van der Waals surface area contributed by atoms with E-state index in [1.807, 2.05) is 30.3 Å². The average molecular weight is 556 g/mol. The molecule has 4 aromatic rings. The molecule has 5 rings (SSSR count). The van der Waals surface area contributed by atoms with Gasteiger partial charge in [-0.2, -0.15) is 0 Å². The van der Waals surface area contributed by atoms with Gasteiger partial charge in [-0.05, 0) is 58.7 Å². The normalized spacial score (nSPS) is 14.1. The molecule has 1 fully saturated rings. The Hall–Kier alpha value is -4.14. The van der Waals surface area contributed by atoms with Crippen LogP contribution < -0.4 is 14.4 Å². The van der Waals surface area contributed by atoms with Crippen LogP contribution in [0.4, 0.5) is 5.69 Å². The summed E-state index contributed by atoms with van der Waals surface area (Å²) in [5, 5.41) is 0. The van der Waals surface area contributed by atoms with Crippen molar-refractivity contribution in [2.24, 2.45) is 0 Å². The Bertz CT molecular complexity index is 1530. The largest absolute Gasteiger partial charge is 0.497 e. The molecule has 1 N–H and O–H groups in total. The van der Waals surface area contributed by atoms with E-state index in [1.165, 1.54) is 16.7 Å². The number of benzene rings is 4. The first-order chi connectivity index (χ1) is 19.4. The van der Waals surface area contributed by atoms with E-state index in [4.69, 9.17) is 4.74 Å². The van der Waals surface area contributed by atoms with Crippen molar-refractivity contribution < 1.29 is 17.9 Å². The maximum atomic E-state index is 12.6. The quantitative estimate of drug-likeness (QED) is 0.315. The third-order valence-electron chi connectivity index (χ3n) is 7.13. The highest BCUT2D eigenvalue weighted by molar-refractivity contribution is 7.89. The average Bonchev–Trinajstić information content (AvgIpc) is 2.98. The van der Waals surface area contributed by atoms with Gasteiger partial charge in [-0.3, -0.25) is 9.69 Å². The Balaban J connectivity index is 1.16. The van der Waals surface area contributed by atoms with Crippen LogP contribution in [-0.4, -0.2) is 52.5 Å². The van der Waals surface area contributed by atoms with E-state index in [2.05, 4.69) is 50.9 Å². The molecule has 4 aromatic carbocycles. The minimum atomic E-state index is -3.79. The van der Waals surface area contributed by atoms with Gasteiger partial charge in [0.1, 0.15) is 5.75 Å². The van der Waals surface area contributed by atoms with Crippen LogP contribution in [0.15, 0.2) is 103 Å². The summed E-state index contributed by atoms with van der Waals surface area (Å²) in [6, 6.07) is 32.6.